The summed E-state index contributed by atoms with van der Waals surface area (Å²) in [6, 6.07) is 2.00. The van der Waals surface area contributed by atoms with E-state index in [0.29, 0.717) is 0 Å². The van der Waals surface area contributed by atoms with Gasteiger partial charge in [-0.05, 0) is 44.7 Å². The smallest absolute Gasteiger partial charge is 0.263 e. The summed E-state index contributed by atoms with van der Waals surface area (Å²) < 4.78 is 0. The van der Waals surface area contributed by atoms with Crippen LogP contribution in [-0.2, 0) is 17.6 Å². The number of nitrogens with one attached hydrogen (secondary N) is 1. The lowest BCUT2D eigenvalue weighted by molar-refractivity contribution is -0.124. The SMILES string of the molecule is CCN(CC)C(=O)c1cc2c(s1)CC[C@@H](C(=O)NC)C2. The monoisotopic (exact) mass is 294 g/mol. The minimum absolute atomic E-state index is 0.0542. The van der Waals surface area contributed by atoms with Crippen molar-refractivity contribution in [2.45, 2.75) is 33.1 Å². The van der Waals surface area contributed by atoms with E-state index < -0.39 is 0 Å². The summed E-state index contributed by atoms with van der Waals surface area (Å²) in [5.41, 5.74) is 1.19. The fourth-order valence-corrected chi connectivity index (χ4v) is 3.90. The number of carbonyl (C=O) groups is 2. The molecule has 20 heavy (non-hydrogen) atoms. The number of rotatable bonds is 4. The molecule has 1 aliphatic carbocycles. The van der Waals surface area contributed by atoms with E-state index in [4.69, 9.17) is 0 Å². The second-order valence-corrected chi connectivity index (χ2v) is 6.23. The van der Waals surface area contributed by atoms with Gasteiger partial charge in [0.15, 0.2) is 0 Å². The first kappa shape index (κ1) is 15.0. The Balaban J connectivity index is 2.16. The summed E-state index contributed by atoms with van der Waals surface area (Å²) in [6.07, 6.45) is 2.55. The number of thiophene rings is 1. The molecule has 0 radical (unpaired) electrons. The molecule has 1 aromatic heterocycles. The normalized spacial score (nSPS) is 17.4. The summed E-state index contributed by atoms with van der Waals surface area (Å²) in [6.45, 7) is 5.46. The largest absolute Gasteiger partial charge is 0.359 e. The maximum absolute atomic E-state index is 12.4. The lowest BCUT2D eigenvalue weighted by Gasteiger charge is -2.20. The minimum Gasteiger partial charge on any atom is -0.359 e. The lowest BCUT2D eigenvalue weighted by Crippen LogP contribution is -2.31. The van der Waals surface area contributed by atoms with E-state index in [1.807, 2.05) is 24.8 Å². The number of fused-ring (bicyclic) bond motifs is 1. The minimum atomic E-state index is 0.0542. The van der Waals surface area contributed by atoms with Gasteiger partial charge >= 0.3 is 0 Å². The molecule has 0 saturated heterocycles. The average molecular weight is 294 g/mol. The molecule has 1 heterocycles. The van der Waals surface area contributed by atoms with Crippen molar-refractivity contribution in [1.29, 1.82) is 0 Å². The van der Waals surface area contributed by atoms with Gasteiger partial charge < -0.3 is 10.2 Å². The Morgan fingerprint density at radius 3 is 2.70 bits per heavy atom. The molecule has 0 aliphatic heterocycles. The Labute approximate surface area is 124 Å². The molecule has 0 spiro atoms. The number of aryl methyl sites for hydroxylation is 1. The van der Waals surface area contributed by atoms with E-state index in [1.165, 1.54) is 10.4 Å². The number of carbonyl (C=O) groups excluding carboxylic acids is 2. The van der Waals surface area contributed by atoms with Crippen molar-refractivity contribution in [2.75, 3.05) is 20.1 Å². The van der Waals surface area contributed by atoms with Gasteiger partial charge in [0.2, 0.25) is 5.91 Å². The molecule has 0 bridgehead atoms. The van der Waals surface area contributed by atoms with Gasteiger partial charge in [-0.25, -0.2) is 0 Å². The molecule has 5 heteroatoms. The van der Waals surface area contributed by atoms with E-state index in [1.54, 1.807) is 18.4 Å². The molecule has 0 unspecified atom stereocenters. The molecule has 0 saturated carbocycles. The van der Waals surface area contributed by atoms with Crippen LogP contribution in [0.3, 0.4) is 0 Å². The van der Waals surface area contributed by atoms with Crippen molar-refractivity contribution in [1.82, 2.24) is 10.2 Å². The fraction of sp³-hybridized carbons (Fsp3) is 0.600. The first-order valence-electron chi connectivity index (χ1n) is 7.23. The van der Waals surface area contributed by atoms with Crippen molar-refractivity contribution in [3.8, 4) is 0 Å². The Bertz CT molecular complexity index is 506. The van der Waals surface area contributed by atoms with Crippen LogP contribution in [0.1, 0.15) is 40.4 Å². The molecule has 110 valence electrons. The zero-order valence-corrected chi connectivity index (χ0v) is 13.2. The van der Waals surface area contributed by atoms with E-state index >= 15 is 0 Å². The van der Waals surface area contributed by atoms with Crippen LogP contribution in [-0.4, -0.2) is 36.9 Å². The number of amides is 2. The van der Waals surface area contributed by atoms with Crippen LogP contribution in [0.4, 0.5) is 0 Å². The van der Waals surface area contributed by atoms with Gasteiger partial charge in [-0.2, -0.15) is 0 Å². The molecule has 1 atom stereocenters. The maximum Gasteiger partial charge on any atom is 0.263 e. The van der Waals surface area contributed by atoms with Crippen LogP contribution in [0, 0.1) is 5.92 Å². The molecule has 4 nitrogen and oxygen atoms in total. The van der Waals surface area contributed by atoms with Gasteiger partial charge in [0.25, 0.3) is 5.91 Å². The van der Waals surface area contributed by atoms with E-state index in [-0.39, 0.29) is 17.7 Å². The predicted octanol–water partition coefficient (Wildman–Crippen LogP) is 2.08. The third-order valence-corrected chi connectivity index (χ3v) is 5.19. The summed E-state index contributed by atoms with van der Waals surface area (Å²) in [5, 5.41) is 2.72. The summed E-state index contributed by atoms with van der Waals surface area (Å²) >= 11 is 1.60. The molecular formula is C15H22N2O2S. The number of hydrogen-bond acceptors (Lipinski definition) is 3. The van der Waals surface area contributed by atoms with Crippen LogP contribution in [0.2, 0.25) is 0 Å². The highest BCUT2D eigenvalue weighted by Crippen LogP contribution is 2.33. The summed E-state index contributed by atoms with van der Waals surface area (Å²) in [4.78, 5) is 28.0. The highest BCUT2D eigenvalue weighted by Gasteiger charge is 2.27. The molecule has 0 fully saturated rings. The molecule has 0 aromatic carbocycles. The first-order valence-corrected chi connectivity index (χ1v) is 8.04. The van der Waals surface area contributed by atoms with E-state index in [2.05, 4.69) is 5.32 Å². The Hall–Kier alpha value is -1.36. The molecule has 1 aromatic rings. The quantitative estimate of drug-likeness (QED) is 0.924. The van der Waals surface area contributed by atoms with Crippen LogP contribution in [0.5, 0.6) is 0 Å². The zero-order chi connectivity index (χ0) is 14.7. The van der Waals surface area contributed by atoms with Crippen molar-refractivity contribution in [3.63, 3.8) is 0 Å². The Morgan fingerprint density at radius 1 is 1.40 bits per heavy atom. The van der Waals surface area contributed by atoms with Crippen molar-refractivity contribution >= 4 is 23.2 Å². The van der Waals surface area contributed by atoms with Crippen molar-refractivity contribution in [3.05, 3.63) is 21.4 Å². The van der Waals surface area contributed by atoms with E-state index in [0.717, 1.165) is 37.2 Å². The highest BCUT2D eigenvalue weighted by atomic mass is 32.1. The molecule has 2 amide bonds. The van der Waals surface area contributed by atoms with Gasteiger partial charge in [0, 0.05) is 30.9 Å². The van der Waals surface area contributed by atoms with Crippen LogP contribution in [0.15, 0.2) is 6.07 Å². The van der Waals surface area contributed by atoms with Crippen LogP contribution >= 0.6 is 11.3 Å². The topological polar surface area (TPSA) is 49.4 Å². The third kappa shape index (κ3) is 2.87. The Morgan fingerprint density at radius 2 is 2.10 bits per heavy atom. The molecule has 1 N–H and O–H groups in total. The fourth-order valence-electron chi connectivity index (χ4n) is 2.72. The first-order chi connectivity index (χ1) is 9.60. The summed E-state index contributed by atoms with van der Waals surface area (Å²) in [5.74, 6) is 0.280. The number of hydrogen-bond donors (Lipinski definition) is 1. The van der Waals surface area contributed by atoms with Crippen molar-refractivity contribution in [2.24, 2.45) is 5.92 Å². The van der Waals surface area contributed by atoms with E-state index in [9.17, 15) is 9.59 Å². The molecule has 1 aliphatic rings. The second kappa shape index (κ2) is 6.39. The molecule has 2 rings (SSSR count). The highest BCUT2D eigenvalue weighted by molar-refractivity contribution is 7.14. The van der Waals surface area contributed by atoms with Crippen molar-refractivity contribution < 1.29 is 9.59 Å². The summed E-state index contributed by atoms with van der Waals surface area (Å²) in [7, 11) is 1.68. The zero-order valence-electron chi connectivity index (χ0n) is 12.4. The lowest BCUT2D eigenvalue weighted by atomic mass is 9.88. The van der Waals surface area contributed by atoms with Gasteiger partial charge in [0.1, 0.15) is 0 Å². The number of nitrogens with zero attached hydrogens (tertiary/aromatic N) is 1. The van der Waals surface area contributed by atoms with Gasteiger partial charge in [-0.1, -0.05) is 0 Å². The standard InChI is InChI=1S/C15H22N2O2S/c1-4-17(5-2)15(19)13-9-11-8-10(14(18)16-3)6-7-12(11)20-13/h9-10H,4-8H2,1-3H3,(H,16,18)/t10-/m1/s1. The maximum atomic E-state index is 12.4. The third-order valence-electron chi connectivity index (χ3n) is 3.96. The second-order valence-electron chi connectivity index (χ2n) is 5.09. The van der Waals surface area contributed by atoms with Gasteiger partial charge in [-0.3, -0.25) is 9.59 Å². The van der Waals surface area contributed by atoms with Crippen LogP contribution in [0.25, 0.3) is 0 Å². The average Bonchev–Trinajstić information content (AvgIpc) is 2.90. The van der Waals surface area contributed by atoms with Gasteiger partial charge in [-0.15, -0.1) is 11.3 Å². The predicted molar refractivity (Wildman–Crippen MR) is 81.2 cm³/mol. The molecular weight excluding hydrogens is 272 g/mol. The van der Waals surface area contributed by atoms with Gasteiger partial charge in [0.05, 0.1) is 4.88 Å². The Kier molecular flexibility index (Phi) is 4.81. The van der Waals surface area contributed by atoms with Crippen LogP contribution < -0.4 is 5.32 Å².